The maximum atomic E-state index is 13.8. The standard InChI is InChI=1S/C17H16ClFN2O4/c1-10(22)21-14-9-16(11(18)8-12(14)19)25-15-4-3-7-20-13(15)5-6-17(23)24-2/h3-4,7-9H,5-6H2,1-2H3,(H,21,22). The van der Waals surface area contributed by atoms with Crippen LogP contribution in [0.1, 0.15) is 19.0 Å². The first-order chi connectivity index (χ1) is 11.9. The van der Waals surface area contributed by atoms with Crippen molar-refractivity contribution in [1.82, 2.24) is 4.98 Å². The van der Waals surface area contributed by atoms with Crippen LogP contribution in [0.15, 0.2) is 30.5 Å². The van der Waals surface area contributed by atoms with Gasteiger partial charge in [0.15, 0.2) is 0 Å². The molecule has 2 aromatic rings. The van der Waals surface area contributed by atoms with Crippen molar-refractivity contribution in [3.05, 3.63) is 47.0 Å². The molecule has 6 nitrogen and oxygen atoms in total. The van der Waals surface area contributed by atoms with Gasteiger partial charge in [-0.3, -0.25) is 14.6 Å². The topological polar surface area (TPSA) is 77.5 Å². The lowest BCUT2D eigenvalue weighted by Gasteiger charge is -2.13. The first-order valence-corrected chi connectivity index (χ1v) is 7.73. The molecule has 0 aliphatic heterocycles. The Morgan fingerprint density at radius 2 is 2.08 bits per heavy atom. The average Bonchev–Trinajstić information content (AvgIpc) is 2.57. The summed E-state index contributed by atoms with van der Waals surface area (Å²) < 4.78 is 24.2. The van der Waals surface area contributed by atoms with Gasteiger partial charge in [-0.2, -0.15) is 0 Å². The Kier molecular flexibility index (Phi) is 6.30. The van der Waals surface area contributed by atoms with E-state index < -0.39 is 11.7 Å². The minimum absolute atomic E-state index is 0.0365. The number of aromatic nitrogens is 1. The molecular weight excluding hydrogens is 351 g/mol. The third-order valence-electron chi connectivity index (χ3n) is 3.19. The van der Waals surface area contributed by atoms with E-state index in [1.165, 1.54) is 20.1 Å². The highest BCUT2D eigenvalue weighted by atomic mass is 35.5. The summed E-state index contributed by atoms with van der Waals surface area (Å²) in [6.45, 7) is 1.26. The SMILES string of the molecule is COC(=O)CCc1ncccc1Oc1cc(NC(C)=O)c(F)cc1Cl. The van der Waals surface area contributed by atoms with E-state index in [1.807, 2.05) is 0 Å². The van der Waals surface area contributed by atoms with E-state index in [-0.39, 0.29) is 28.8 Å². The van der Waals surface area contributed by atoms with Crippen molar-refractivity contribution < 1.29 is 23.5 Å². The summed E-state index contributed by atoms with van der Waals surface area (Å²) >= 11 is 6.02. The number of carbonyl (C=O) groups is 2. The highest BCUT2D eigenvalue weighted by molar-refractivity contribution is 6.32. The van der Waals surface area contributed by atoms with Gasteiger partial charge in [-0.25, -0.2) is 4.39 Å². The number of hydrogen-bond donors (Lipinski definition) is 1. The van der Waals surface area contributed by atoms with Crippen molar-refractivity contribution >= 4 is 29.2 Å². The molecule has 0 saturated heterocycles. The highest BCUT2D eigenvalue weighted by Gasteiger charge is 2.14. The van der Waals surface area contributed by atoms with E-state index in [0.29, 0.717) is 17.9 Å². The van der Waals surface area contributed by atoms with Gasteiger partial charge in [0.25, 0.3) is 0 Å². The van der Waals surface area contributed by atoms with E-state index in [4.69, 9.17) is 16.3 Å². The fourth-order valence-corrected chi connectivity index (χ4v) is 2.23. The molecule has 25 heavy (non-hydrogen) atoms. The molecule has 0 aliphatic carbocycles. The second-order valence-corrected chi connectivity index (χ2v) is 5.48. The number of halogens is 2. The lowest BCUT2D eigenvalue weighted by Crippen LogP contribution is -2.08. The minimum atomic E-state index is -0.676. The molecule has 0 radical (unpaired) electrons. The molecule has 0 bridgehead atoms. The Morgan fingerprint density at radius 3 is 2.76 bits per heavy atom. The number of esters is 1. The van der Waals surface area contributed by atoms with Gasteiger partial charge >= 0.3 is 5.97 Å². The molecule has 1 N–H and O–H groups in total. The van der Waals surface area contributed by atoms with Crippen molar-refractivity contribution in [2.45, 2.75) is 19.8 Å². The van der Waals surface area contributed by atoms with Crippen LogP contribution < -0.4 is 10.1 Å². The Balaban J connectivity index is 2.27. The van der Waals surface area contributed by atoms with Crippen LogP contribution in [-0.4, -0.2) is 24.0 Å². The zero-order valence-electron chi connectivity index (χ0n) is 13.6. The predicted molar refractivity (Wildman–Crippen MR) is 90.4 cm³/mol. The van der Waals surface area contributed by atoms with Gasteiger partial charge in [-0.15, -0.1) is 0 Å². The van der Waals surface area contributed by atoms with Crippen molar-refractivity contribution in [2.24, 2.45) is 0 Å². The summed E-state index contributed by atoms with van der Waals surface area (Å²) in [5.74, 6) is -0.950. The summed E-state index contributed by atoms with van der Waals surface area (Å²) in [5.41, 5.74) is 0.473. The van der Waals surface area contributed by atoms with Crippen molar-refractivity contribution in [1.29, 1.82) is 0 Å². The number of anilines is 1. The lowest BCUT2D eigenvalue weighted by atomic mass is 10.2. The van der Waals surface area contributed by atoms with Crippen LogP contribution >= 0.6 is 11.6 Å². The quantitative estimate of drug-likeness (QED) is 0.788. The van der Waals surface area contributed by atoms with Crippen molar-refractivity contribution in [2.75, 3.05) is 12.4 Å². The number of hydrogen-bond acceptors (Lipinski definition) is 5. The monoisotopic (exact) mass is 366 g/mol. The van der Waals surface area contributed by atoms with Crippen LogP contribution in [0.3, 0.4) is 0 Å². The summed E-state index contributed by atoms with van der Waals surface area (Å²) in [6.07, 6.45) is 2.01. The van der Waals surface area contributed by atoms with E-state index in [1.54, 1.807) is 18.3 Å². The lowest BCUT2D eigenvalue weighted by molar-refractivity contribution is -0.140. The molecule has 0 atom stereocenters. The molecule has 1 aromatic heterocycles. The molecule has 0 spiro atoms. The maximum Gasteiger partial charge on any atom is 0.305 e. The van der Waals surface area contributed by atoms with Gasteiger partial charge in [0, 0.05) is 25.6 Å². The van der Waals surface area contributed by atoms with Crippen LogP contribution in [0.25, 0.3) is 0 Å². The number of methoxy groups -OCH3 is 1. The number of amides is 1. The molecule has 132 valence electrons. The van der Waals surface area contributed by atoms with Crippen LogP contribution in [-0.2, 0) is 20.7 Å². The number of ether oxygens (including phenoxy) is 2. The van der Waals surface area contributed by atoms with E-state index in [2.05, 4.69) is 15.0 Å². The maximum absolute atomic E-state index is 13.8. The van der Waals surface area contributed by atoms with Crippen molar-refractivity contribution in [3.63, 3.8) is 0 Å². The van der Waals surface area contributed by atoms with Gasteiger partial charge in [0.05, 0.1) is 29.9 Å². The molecule has 2 rings (SSSR count). The summed E-state index contributed by atoms with van der Waals surface area (Å²) in [4.78, 5) is 26.6. The van der Waals surface area contributed by atoms with Crippen LogP contribution in [0.4, 0.5) is 10.1 Å². The molecule has 8 heteroatoms. The molecule has 0 unspecified atom stereocenters. The molecular formula is C17H16ClFN2O4. The zero-order chi connectivity index (χ0) is 18.4. The normalized spacial score (nSPS) is 10.2. The molecule has 0 aliphatic rings. The second kappa shape index (κ2) is 8.43. The fourth-order valence-electron chi connectivity index (χ4n) is 2.04. The molecule has 0 fully saturated rings. The van der Waals surface area contributed by atoms with E-state index >= 15 is 0 Å². The van der Waals surface area contributed by atoms with Gasteiger partial charge in [-0.1, -0.05) is 11.6 Å². The van der Waals surface area contributed by atoms with Crippen LogP contribution in [0.5, 0.6) is 11.5 Å². The predicted octanol–water partition coefficient (Wildman–Crippen LogP) is 3.73. The first-order valence-electron chi connectivity index (χ1n) is 7.36. The Hall–Kier alpha value is -2.67. The third kappa shape index (κ3) is 5.15. The van der Waals surface area contributed by atoms with E-state index in [9.17, 15) is 14.0 Å². The molecule has 1 heterocycles. The number of carbonyl (C=O) groups excluding carboxylic acids is 2. The average molecular weight is 367 g/mol. The van der Waals surface area contributed by atoms with Gasteiger partial charge in [-0.05, 0) is 18.2 Å². The second-order valence-electron chi connectivity index (χ2n) is 5.07. The Labute approximate surface area is 148 Å². The summed E-state index contributed by atoms with van der Waals surface area (Å²) in [7, 11) is 1.31. The Bertz CT molecular complexity index is 798. The first kappa shape index (κ1) is 18.7. The number of aryl methyl sites for hydroxylation is 1. The third-order valence-corrected chi connectivity index (χ3v) is 3.49. The van der Waals surface area contributed by atoms with Crippen molar-refractivity contribution in [3.8, 4) is 11.5 Å². The summed E-state index contributed by atoms with van der Waals surface area (Å²) in [6, 6.07) is 5.64. The van der Waals surface area contributed by atoms with Crippen LogP contribution in [0, 0.1) is 5.82 Å². The molecule has 0 saturated carbocycles. The Morgan fingerprint density at radius 1 is 1.32 bits per heavy atom. The number of pyridine rings is 1. The number of nitrogens with zero attached hydrogens (tertiary/aromatic N) is 1. The molecule has 1 aromatic carbocycles. The molecule has 1 amide bonds. The van der Waals surface area contributed by atoms with Gasteiger partial charge < -0.3 is 14.8 Å². The van der Waals surface area contributed by atoms with Gasteiger partial charge in [0.1, 0.15) is 17.3 Å². The summed E-state index contributed by atoms with van der Waals surface area (Å²) in [5, 5.41) is 2.40. The fraction of sp³-hybridized carbons (Fsp3) is 0.235. The van der Waals surface area contributed by atoms with E-state index in [0.717, 1.165) is 6.07 Å². The number of rotatable bonds is 6. The van der Waals surface area contributed by atoms with Gasteiger partial charge in [0.2, 0.25) is 5.91 Å². The highest BCUT2D eigenvalue weighted by Crippen LogP contribution is 2.35. The largest absolute Gasteiger partial charge is 0.469 e. The number of nitrogens with one attached hydrogen (secondary N) is 1. The minimum Gasteiger partial charge on any atom is -0.469 e. The smallest absolute Gasteiger partial charge is 0.305 e. The van der Waals surface area contributed by atoms with Crippen LogP contribution in [0.2, 0.25) is 5.02 Å². The zero-order valence-corrected chi connectivity index (χ0v) is 14.4. The number of benzene rings is 1.